The predicted octanol–water partition coefficient (Wildman–Crippen LogP) is 2.22. The minimum atomic E-state index is -0.501. The summed E-state index contributed by atoms with van der Waals surface area (Å²) in [7, 11) is 3.22. The molecule has 0 unspecified atom stereocenters. The number of piperazine rings is 1. The van der Waals surface area contributed by atoms with Gasteiger partial charge in [0.1, 0.15) is 17.6 Å². The normalized spacial score (nSPS) is 15.4. The van der Waals surface area contributed by atoms with Crippen LogP contribution >= 0.6 is 0 Å². The Morgan fingerprint density at radius 3 is 2.64 bits per heavy atom. The van der Waals surface area contributed by atoms with Crippen LogP contribution in [-0.2, 0) is 11.3 Å². The molecule has 1 saturated heterocycles. The van der Waals surface area contributed by atoms with Gasteiger partial charge in [-0.05, 0) is 46.8 Å². The van der Waals surface area contributed by atoms with Crippen molar-refractivity contribution in [2.75, 3.05) is 51.9 Å². The molecule has 0 amide bonds. The second kappa shape index (κ2) is 10.4. The van der Waals surface area contributed by atoms with Crippen LogP contribution in [0.25, 0.3) is 10.9 Å². The van der Waals surface area contributed by atoms with Crippen molar-refractivity contribution in [1.29, 1.82) is 0 Å². The first-order valence-electron chi connectivity index (χ1n) is 11.8. The van der Waals surface area contributed by atoms with Crippen LogP contribution in [0.4, 0.5) is 10.1 Å². The average Bonchev–Trinajstić information content (AvgIpc) is 3.36. The zero-order valence-electron chi connectivity index (χ0n) is 20.2. The lowest BCUT2D eigenvalue weighted by atomic mass is 10.0. The van der Waals surface area contributed by atoms with Gasteiger partial charge >= 0.3 is 0 Å². The minimum absolute atomic E-state index is 0.213. The van der Waals surface area contributed by atoms with E-state index in [9.17, 15) is 9.18 Å². The van der Waals surface area contributed by atoms with E-state index >= 15 is 0 Å². The maximum absolute atomic E-state index is 14.4. The number of pyridine rings is 1. The van der Waals surface area contributed by atoms with Gasteiger partial charge in [0.15, 0.2) is 5.82 Å². The molecule has 10 nitrogen and oxygen atoms in total. The monoisotopic (exact) mass is 493 g/mol. The van der Waals surface area contributed by atoms with E-state index in [4.69, 9.17) is 9.47 Å². The molecule has 3 heterocycles. The summed E-state index contributed by atoms with van der Waals surface area (Å²) in [5.74, 6) is 1.01. The molecule has 188 valence electrons. The summed E-state index contributed by atoms with van der Waals surface area (Å²) in [6, 6.07) is 13.7. The molecule has 0 bridgehead atoms. The van der Waals surface area contributed by atoms with Gasteiger partial charge in [-0.3, -0.25) is 9.69 Å². The molecular formula is C25H28FN7O3. The van der Waals surface area contributed by atoms with Gasteiger partial charge in [-0.25, -0.2) is 9.07 Å². The minimum Gasteiger partial charge on any atom is -0.497 e. The highest BCUT2D eigenvalue weighted by atomic mass is 19.1. The molecule has 0 spiro atoms. The average molecular weight is 494 g/mol. The number of nitrogens with one attached hydrogen (secondary N) is 1. The largest absolute Gasteiger partial charge is 0.497 e. The van der Waals surface area contributed by atoms with E-state index in [1.165, 1.54) is 6.07 Å². The fraction of sp³-hybridized carbons (Fsp3) is 0.360. The molecule has 1 N–H and O–H groups in total. The first kappa shape index (κ1) is 23.9. The fourth-order valence-corrected chi connectivity index (χ4v) is 4.70. The number of aromatic amines is 1. The van der Waals surface area contributed by atoms with E-state index in [1.807, 2.05) is 35.2 Å². The number of fused-ring (bicyclic) bond motifs is 1. The van der Waals surface area contributed by atoms with Crippen molar-refractivity contribution in [2.24, 2.45) is 0 Å². The molecular weight excluding hydrogens is 465 g/mol. The predicted molar refractivity (Wildman–Crippen MR) is 133 cm³/mol. The van der Waals surface area contributed by atoms with E-state index in [0.717, 1.165) is 5.39 Å². The van der Waals surface area contributed by atoms with E-state index in [2.05, 4.69) is 25.4 Å². The summed E-state index contributed by atoms with van der Waals surface area (Å²) in [6.07, 6.45) is 0. The second-order valence-corrected chi connectivity index (χ2v) is 8.64. The number of rotatable bonds is 8. The van der Waals surface area contributed by atoms with Gasteiger partial charge in [-0.15, -0.1) is 5.10 Å². The van der Waals surface area contributed by atoms with Crippen LogP contribution in [-0.4, -0.2) is 77.1 Å². The van der Waals surface area contributed by atoms with Gasteiger partial charge in [0, 0.05) is 49.8 Å². The van der Waals surface area contributed by atoms with Crippen molar-refractivity contribution in [3.63, 3.8) is 0 Å². The number of benzene rings is 2. The van der Waals surface area contributed by atoms with Crippen LogP contribution in [0.3, 0.4) is 0 Å². The third kappa shape index (κ3) is 4.67. The van der Waals surface area contributed by atoms with Crippen molar-refractivity contribution in [3.05, 3.63) is 76.1 Å². The Labute approximate surface area is 207 Å². The molecule has 1 fully saturated rings. The first-order chi connectivity index (χ1) is 17.6. The third-order valence-corrected chi connectivity index (χ3v) is 6.56. The standard InChI is InChI=1S/C25H28FN7O3/c1-35-14-13-33-24(28-29-30-33)23(19-16-17-15-18(36-2)7-8-21(17)27-25(19)34)32-11-9-31(10-12-32)22-6-4-3-5-20(22)26/h3-8,15-16,23H,9-14H2,1-2H3,(H,27,34)/t23-/m1/s1. The fourth-order valence-electron chi connectivity index (χ4n) is 4.70. The number of hydrogen-bond acceptors (Lipinski definition) is 8. The highest BCUT2D eigenvalue weighted by Crippen LogP contribution is 2.30. The number of halogens is 1. The molecule has 11 heteroatoms. The summed E-state index contributed by atoms with van der Waals surface area (Å²) < 4.78 is 26.7. The zero-order chi connectivity index (χ0) is 25.1. The van der Waals surface area contributed by atoms with Crippen molar-refractivity contribution in [3.8, 4) is 5.75 Å². The Hall–Kier alpha value is -3.83. The second-order valence-electron chi connectivity index (χ2n) is 8.64. The van der Waals surface area contributed by atoms with E-state index < -0.39 is 6.04 Å². The van der Waals surface area contributed by atoms with Gasteiger partial charge in [-0.1, -0.05) is 12.1 Å². The molecule has 0 radical (unpaired) electrons. The van der Waals surface area contributed by atoms with Crippen molar-refractivity contribution < 1.29 is 13.9 Å². The van der Waals surface area contributed by atoms with Crippen LogP contribution in [0.2, 0.25) is 0 Å². The van der Waals surface area contributed by atoms with Crippen LogP contribution in [0, 0.1) is 5.82 Å². The van der Waals surface area contributed by atoms with E-state index in [1.54, 1.807) is 31.0 Å². The Morgan fingerprint density at radius 2 is 1.89 bits per heavy atom. The number of anilines is 1. The maximum atomic E-state index is 14.4. The summed E-state index contributed by atoms with van der Waals surface area (Å²) in [4.78, 5) is 20.5. The molecule has 2 aromatic heterocycles. The SMILES string of the molecule is COCCn1nnnc1[C@@H](c1cc2cc(OC)ccc2[nH]c1=O)N1CCN(c2ccccc2F)CC1. The number of nitrogens with zero attached hydrogens (tertiary/aromatic N) is 6. The smallest absolute Gasteiger partial charge is 0.253 e. The van der Waals surface area contributed by atoms with Crippen LogP contribution < -0.4 is 15.2 Å². The molecule has 5 rings (SSSR count). The van der Waals surface area contributed by atoms with Gasteiger partial charge < -0.3 is 19.4 Å². The Morgan fingerprint density at radius 1 is 1.08 bits per heavy atom. The van der Waals surface area contributed by atoms with E-state index in [-0.39, 0.29) is 11.4 Å². The van der Waals surface area contributed by atoms with Gasteiger partial charge in [0.25, 0.3) is 5.56 Å². The molecule has 0 aliphatic carbocycles. The zero-order valence-corrected chi connectivity index (χ0v) is 20.2. The number of ether oxygens (including phenoxy) is 2. The van der Waals surface area contributed by atoms with Crippen LogP contribution in [0.1, 0.15) is 17.4 Å². The van der Waals surface area contributed by atoms with Crippen LogP contribution in [0.15, 0.2) is 53.3 Å². The summed E-state index contributed by atoms with van der Waals surface area (Å²) >= 11 is 0. The Bertz CT molecular complexity index is 1400. The Kier molecular flexibility index (Phi) is 6.92. The topological polar surface area (TPSA) is 101 Å². The van der Waals surface area contributed by atoms with Gasteiger partial charge in [0.2, 0.25) is 0 Å². The molecule has 0 saturated carbocycles. The summed E-state index contributed by atoms with van der Waals surface area (Å²) in [6.45, 7) is 3.24. The van der Waals surface area contributed by atoms with Crippen LogP contribution in [0.5, 0.6) is 5.75 Å². The van der Waals surface area contributed by atoms with Crippen molar-refractivity contribution in [2.45, 2.75) is 12.6 Å². The molecule has 4 aromatic rings. The van der Waals surface area contributed by atoms with Gasteiger partial charge in [-0.2, -0.15) is 0 Å². The number of methoxy groups -OCH3 is 2. The third-order valence-electron chi connectivity index (χ3n) is 6.56. The Balaban J connectivity index is 1.53. The molecule has 1 aliphatic rings. The highest BCUT2D eigenvalue weighted by Gasteiger charge is 2.33. The summed E-state index contributed by atoms with van der Waals surface area (Å²) in [5.41, 5.74) is 1.61. The lowest BCUT2D eigenvalue weighted by molar-refractivity contribution is 0.171. The van der Waals surface area contributed by atoms with Crippen molar-refractivity contribution >= 4 is 16.6 Å². The summed E-state index contributed by atoms with van der Waals surface area (Å²) in [5, 5.41) is 13.2. The quantitative estimate of drug-likeness (QED) is 0.399. The maximum Gasteiger partial charge on any atom is 0.253 e. The molecule has 36 heavy (non-hydrogen) atoms. The number of hydrogen-bond donors (Lipinski definition) is 1. The van der Waals surface area contributed by atoms with Crippen molar-refractivity contribution in [1.82, 2.24) is 30.1 Å². The molecule has 2 aromatic carbocycles. The van der Waals surface area contributed by atoms with E-state index in [0.29, 0.717) is 67.7 Å². The lowest BCUT2D eigenvalue weighted by Gasteiger charge is -2.39. The lowest BCUT2D eigenvalue weighted by Crippen LogP contribution is -2.49. The first-order valence-corrected chi connectivity index (χ1v) is 11.8. The highest BCUT2D eigenvalue weighted by molar-refractivity contribution is 5.80. The van der Waals surface area contributed by atoms with Gasteiger partial charge in [0.05, 0.1) is 25.9 Å². The number of H-pyrrole nitrogens is 1. The molecule has 1 aliphatic heterocycles. The number of para-hydroxylation sites is 1. The number of aromatic nitrogens is 5. The number of tetrazole rings is 1. The molecule has 1 atom stereocenters.